The first-order valence-corrected chi connectivity index (χ1v) is 5.40. The maximum absolute atomic E-state index is 11.6. The highest BCUT2D eigenvalue weighted by atomic mass is 35.5. The molecule has 0 N–H and O–H groups in total. The molecule has 4 nitrogen and oxygen atoms in total. The van der Waals surface area contributed by atoms with Gasteiger partial charge in [-0.1, -0.05) is 17.7 Å². The van der Waals surface area contributed by atoms with Gasteiger partial charge in [0, 0.05) is 5.02 Å². The number of ether oxygens (including phenoxy) is 1. The summed E-state index contributed by atoms with van der Waals surface area (Å²) in [5, 5.41) is 1.37. The minimum absolute atomic E-state index is 0.105. The van der Waals surface area contributed by atoms with Crippen LogP contribution in [0.1, 0.15) is 17.5 Å². The average Bonchev–Trinajstić information content (AvgIpc) is 2.30. The Hall–Kier alpha value is -1.81. The summed E-state index contributed by atoms with van der Waals surface area (Å²) in [5.41, 5.74) is -0.604. The largest absolute Gasteiger partial charge is 0.460 e. The molecule has 0 amide bonds. The van der Waals surface area contributed by atoms with Crippen molar-refractivity contribution in [3.63, 3.8) is 0 Å². The molecule has 1 heterocycles. The Morgan fingerprint density at radius 3 is 2.88 bits per heavy atom. The van der Waals surface area contributed by atoms with Crippen molar-refractivity contribution in [3.05, 3.63) is 45.5 Å². The quantitative estimate of drug-likeness (QED) is 0.771. The molecule has 0 saturated heterocycles. The normalized spacial score (nSPS) is 10.5. The number of fused-ring (bicyclic) bond motifs is 1. The van der Waals surface area contributed by atoms with Crippen LogP contribution in [0.3, 0.4) is 0 Å². The molecule has 0 spiro atoms. The summed E-state index contributed by atoms with van der Waals surface area (Å²) in [5.74, 6) is -0.756. The van der Waals surface area contributed by atoms with E-state index in [0.29, 0.717) is 15.8 Å². The van der Waals surface area contributed by atoms with Gasteiger partial charge in [0.25, 0.3) is 0 Å². The first-order chi connectivity index (χ1) is 8.11. The van der Waals surface area contributed by atoms with Gasteiger partial charge in [0.15, 0.2) is 0 Å². The van der Waals surface area contributed by atoms with Crippen molar-refractivity contribution >= 4 is 28.3 Å². The van der Waals surface area contributed by atoms with E-state index in [1.165, 1.54) is 12.1 Å². The van der Waals surface area contributed by atoms with E-state index in [2.05, 4.69) is 0 Å². The molecule has 1 aromatic heterocycles. The zero-order valence-corrected chi connectivity index (χ0v) is 9.78. The van der Waals surface area contributed by atoms with Crippen LogP contribution in [0.25, 0.3) is 10.8 Å². The van der Waals surface area contributed by atoms with Crippen LogP contribution < -0.4 is 5.63 Å². The van der Waals surface area contributed by atoms with Crippen LogP contribution in [0.15, 0.2) is 33.5 Å². The van der Waals surface area contributed by atoms with Crippen molar-refractivity contribution < 1.29 is 13.9 Å². The van der Waals surface area contributed by atoms with E-state index in [9.17, 15) is 9.59 Å². The van der Waals surface area contributed by atoms with Crippen LogP contribution in [-0.4, -0.2) is 12.6 Å². The number of hydrogen-bond acceptors (Lipinski definition) is 4. The van der Waals surface area contributed by atoms with Crippen LogP contribution in [-0.2, 0) is 4.74 Å². The first-order valence-electron chi connectivity index (χ1n) is 5.02. The van der Waals surface area contributed by atoms with Crippen LogP contribution in [0, 0.1) is 0 Å². The maximum Gasteiger partial charge on any atom is 0.374 e. The van der Waals surface area contributed by atoms with Gasteiger partial charge >= 0.3 is 11.6 Å². The fraction of sp³-hybridized carbons (Fsp3) is 0.167. The van der Waals surface area contributed by atoms with E-state index in [4.69, 9.17) is 20.8 Å². The second-order valence-corrected chi connectivity index (χ2v) is 3.79. The summed E-state index contributed by atoms with van der Waals surface area (Å²) in [7, 11) is 0. The smallest absolute Gasteiger partial charge is 0.374 e. The van der Waals surface area contributed by atoms with Crippen LogP contribution >= 0.6 is 11.6 Å². The summed E-state index contributed by atoms with van der Waals surface area (Å²) in [6.07, 6.45) is 0. The lowest BCUT2D eigenvalue weighted by Gasteiger charge is -2.02. The summed E-state index contributed by atoms with van der Waals surface area (Å²) in [6.45, 7) is 1.90. The molecule has 0 bridgehead atoms. The Morgan fingerprint density at radius 1 is 1.41 bits per heavy atom. The molecule has 0 aliphatic carbocycles. The van der Waals surface area contributed by atoms with Crippen LogP contribution in [0.5, 0.6) is 0 Å². The van der Waals surface area contributed by atoms with Gasteiger partial charge in [-0.05, 0) is 30.5 Å². The molecule has 5 heteroatoms. The second-order valence-electron chi connectivity index (χ2n) is 3.35. The third-order valence-corrected chi connectivity index (χ3v) is 2.44. The molecule has 2 aromatic rings. The molecule has 0 fully saturated rings. The van der Waals surface area contributed by atoms with Gasteiger partial charge in [0.1, 0.15) is 0 Å². The first kappa shape index (κ1) is 11.7. The summed E-state index contributed by atoms with van der Waals surface area (Å²) >= 11 is 5.77. The van der Waals surface area contributed by atoms with Crippen molar-refractivity contribution in [1.29, 1.82) is 0 Å². The second kappa shape index (κ2) is 4.59. The molecule has 0 aliphatic heterocycles. The minimum Gasteiger partial charge on any atom is -0.460 e. The number of halogens is 1. The predicted molar refractivity (Wildman–Crippen MR) is 63.5 cm³/mol. The summed E-state index contributed by atoms with van der Waals surface area (Å²) in [4.78, 5) is 23.1. The van der Waals surface area contributed by atoms with Crippen molar-refractivity contribution in [2.45, 2.75) is 6.92 Å². The van der Waals surface area contributed by atoms with E-state index in [1.54, 1.807) is 19.1 Å². The van der Waals surface area contributed by atoms with Crippen LogP contribution in [0.4, 0.5) is 0 Å². The molecular formula is C12H9ClO4. The number of hydrogen-bond donors (Lipinski definition) is 0. The van der Waals surface area contributed by atoms with Gasteiger partial charge in [0.05, 0.1) is 12.0 Å². The summed E-state index contributed by atoms with van der Waals surface area (Å²) in [6, 6.07) is 6.25. The SMILES string of the molecule is CCOC(=O)c1cc2ccc(Cl)cc2c(=O)o1. The van der Waals surface area contributed by atoms with Crippen molar-refractivity contribution in [2.24, 2.45) is 0 Å². The Balaban J connectivity index is 2.60. The highest BCUT2D eigenvalue weighted by Crippen LogP contribution is 2.17. The van der Waals surface area contributed by atoms with Crippen molar-refractivity contribution in [2.75, 3.05) is 6.61 Å². The standard InChI is InChI=1S/C12H9ClO4/c1-2-16-12(15)10-5-7-3-4-8(13)6-9(7)11(14)17-10/h3-6H,2H2,1H3. The molecule has 17 heavy (non-hydrogen) atoms. The van der Waals surface area contributed by atoms with Gasteiger partial charge in [0.2, 0.25) is 5.76 Å². The molecule has 0 radical (unpaired) electrons. The van der Waals surface area contributed by atoms with Gasteiger partial charge in [-0.2, -0.15) is 0 Å². The molecule has 2 rings (SSSR count). The van der Waals surface area contributed by atoms with Gasteiger partial charge in [-0.25, -0.2) is 9.59 Å². The lowest BCUT2D eigenvalue weighted by Crippen LogP contribution is -2.09. The fourth-order valence-electron chi connectivity index (χ4n) is 1.46. The van der Waals surface area contributed by atoms with E-state index >= 15 is 0 Å². The topological polar surface area (TPSA) is 56.5 Å². The van der Waals surface area contributed by atoms with E-state index in [1.807, 2.05) is 0 Å². The van der Waals surface area contributed by atoms with Crippen LogP contribution in [0.2, 0.25) is 5.02 Å². The van der Waals surface area contributed by atoms with E-state index in [-0.39, 0.29) is 12.4 Å². The Kier molecular flexibility index (Phi) is 3.15. The highest BCUT2D eigenvalue weighted by molar-refractivity contribution is 6.31. The third kappa shape index (κ3) is 2.31. The molecule has 0 aliphatic rings. The number of rotatable bonds is 2. The van der Waals surface area contributed by atoms with E-state index < -0.39 is 11.6 Å². The predicted octanol–water partition coefficient (Wildman–Crippen LogP) is 2.62. The van der Waals surface area contributed by atoms with Gasteiger partial charge < -0.3 is 9.15 Å². The lowest BCUT2D eigenvalue weighted by molar-refractivity contribution is 0.0485. The Bertz CT molecular complexity index is 630. The fourth-order valence-corrected chi connectivity index (χ4v) is 1.63. The summed E-state index contributed by atoms with van der Waals surface area (Å²) < 4.78 is 9.63. The number of carbonyl (C=O) groups excluding carboxylic acids is 1. The number of esters is 1. The molecular weight excluding hydrogens is 244 g/mol. The third-order valence-electron chi connectivity index (χ3n) is 2.20. The highest BCUT2D eigenvalue weighted by Gasteiger charge is 2.12. The van der Waals surface area contributed by atoms with Gasteiger partial charge in [-0.3, -0.25) is 0 Å². The molecule has 0 saturated carbocycles. The Morgan fingerprint density at radius 2 is 2.18 bits per heavy atom. The zero-order chi connectivity index (χ0) is 12.4. The Labute approximate surface area is 102 Å². The average molecular weight is 253 g/mol. The molecule has 1 aromatic carbocycles. The van der Waals surface area contributed by atoms with Gasteiger partial charge in [-0.15, -0.1) is 0 Å². The minimum atomic E-state index is -0.651. The maximum atomic E-state index is 11.6. The van der Waals surface area contributed by atoms with Crippen molar-refractivity contribution in [3.8, 4) is 0 Å². The van der Waals surface area contributed by atoms with Crippen molar-refractivity contribution in [1.82, 2.24) is 0 Å². The zero-order valence-electron chi connectivity index (χ0n) is 9.03. The molecule has 88 valence electrons. The van der Waals surface area contributed by atoms with E-state index in [0.717, 1.165) is 0 Å². The molecule has 0 atom stereocenters. The number of carbonyl (C=O) groups is 1. The monoisotopic (exact) mass is 252 g/mol. The lowest BCUT2D eigenvalue weighted by atomic mass is 10.2. The number of benzene rings is 1. The molecule has 0 unspecified atom stereocenters.